The Bertz CT molecular complexity index is 1100. The standard InChI is InChI=1S/C25H30F3N5O2/c1-14(22(35)13-29-15(2)34)19-8-3-5-16-9-10-18(11-20(16)19)32-24-30-12-21(25(26,27)28)23(33-24)31-17-6-4-7-17/h9-12,14,17,19H,3-8,13H2,1-2H3,(H,29,34)(H2,30,31,32,33)/t14-,19+/m1/s1. The number of carbonyl (C=O) groups is 2. The molecule has 0 aliphatic heterocycles. The number of benzene rings is 1. The summed E-state index contributed by atoms with van der Waals surface area (Å²) in [5.41, 5.74) is 1.94. The summed E-state index contributed by atoms with van der Waals surface area (Å²) < 4.78 is 40.4. The van der Waals surface area contributed by atoms with Crippen LogP contribution < -0.4 is 16.0 Å². The van der Waals surface area contributed by atoms with Crippen molar-refractivity contribution in [2.45, 2.75) is 70.5 Å². The second-order valence-electron chi connectivity index (χ2n) is 9.43. The number of anilines is 3. The average molecular weight is 490 g/mol. The zero-order valence-corrected chi connectivity index (χ0v) is 19.8. The highest BCUT2D eigenvalue weighted by Gasteiger charge is 2.36. The zero-order chi connectivity index (χ0) is 25.2. The van der Waals surface area contributed by atoms with Crippen LogP contribution in [0.25, 0.3) is 0 Å². The molecule has 7 nitrogen and oxygen atoms in total. The van der Waals surface area contributed by atoms with Crippen LogP contribution in [0.4, 0.5) is 30.6 Å². The number of aromatic nitrogens is 2. The fraction of sp³-hybridized carbons (Fsp3) is 0.520. The number of ketones is 1. The Morgan fingerprint density at radius 3 is 2.60 bits per heavy atom. The fourth-order valence-corrected chi connectivity index (χ4v) is 4.66. The van der Waals surface area contributed by atoms with Crippen molar-refractivity contribution in [2.75, 3.05) is 17.2 Å². The van der Waals surface area contributed by atoms with E-state index in [9.17, 15) is 22.8 Å². The third-order valence-corrected chi connectivity index (χ3v) is 6.93. The Morgan fingerprint density at radius 1 is 1.17 bits per heavy atom. The highest BCUT2D eigenvalue weighted by Crippen LogP contribution is 2.39. The quantitative estimate of drug-likeness (QED) is 0.485. The van der Waals surface area contributed by atoms with Crippen molar-refractivity contribution in [3.63, 3.8) is 0 Å². The molecule has 3 N–H and O–H groups in total. The summed E-state index contributed by atoms with van der Waals surface area (Å²) in [6.45, 7) is 3.25. The molecule has 0 saturated heterocycles. The van der Waals surface area contributed by atoms with Gasteiger partial charge in [0, 0.05) is 30.8 Å². The van der Waals surface area contributed by atoms with Gasteiger partial charge < -0.3 is 16.0 Å². The van der Waals surface area contributed by atoms with E-state index in [2.05, 4.69) is 25.9 Å². The lowest BCUT2D eigenvalue weighted by molar-refractivity contribution is -0.137. The molecule has 1 aromatic carbocycles. The maximum atomic E-state index is 13.5. The molecule has 1 fully saturated rings. The number of Topliss-reactive ketones (excluding diaryl/α,β-unsaturated/α-hetero) is 1. The van der Waals surface area contributed by atoms with E-state index in [0.29, 0.717) is 5.69 Å². The van der Waals surface area contributed by atoms with E-state index < -0.39 is 11.7 Å². The minimum absolute atomic E-state index is 0.00353. The highest BCUT2D eigenvalue weighted by molar-refractivity contribution is 5.87. The first-order chi connectivity index (χ1) is 16.6. The molecule has 4 rings (SSSR count). The Balaban J connectivity index is 1.56. The molecule has 1 aromatic heterocycles. The van der Waals surface area contributed by atoms with Gasteiger partial charge in [0.05, 0.1) is 6.54 Å². The first kappa shape index (κ1) is 24.9. The second kappa shape index (κ2) is 10.2. The monoisotopic (exact) mass is 489 g/mol. The van der Waals surface area contributed by atoms with Crippen LogP contribution >= 0.6 is 0 Å². The SMILES string of the molecule is CC(=O)NCC(=O)[C@H](C)[C@@H]1CCCc2ccc(Nc3ncc(C(F)(F)F)c(NC4CCC4)n3)cc21. The molecule has 2 atom stereocenters. The minimum Gasteiger partial charge on any atom is -0.367 e. The van der Waals surface area contributed by atoms with Crippen molar-refractivity contribution in [1.82, 2.24) is 15.3 Å². The summed E-state index contributed by atoms with van der Waals surface area (Å²) in [5, 5.41) is 8.52. The average Bonchev–Trinajstić information content (AvgIpc) is 2.78. The number of fused-ring (bicyclic) bond motifs is 1. The van der Waals surface area contributed by atoms with Gasteiger partial charge in [0.25, 0.3) is 0 Å². The van der Waals surface area contributed by atoms with Gasteiger partial charge in [-0.25, -0.2) is 4.98 Å². The highest BCUT2D eigenvalue weighted by atomic mass is 19.4. The topological polar surface area (TPSA) is 96.0 Å². The van der Waals surface area contributed by atoms with Crippen LogP contribution in [0.5, 0.6) is 0 Å². The van der Waals surface area contributed by atoms with Crippen LogP contribution in [0.2, 0.25) is 0 Å². The number of hydrogen-bond acceptors (Lipinski definition) is 6. The third kappa shape index (κ3) is 5.91. The molecule has 1 heterocycles. The van der Waals surface area contributed by atoms with Crippen LogP contribution in [0.15, 0.2) is 24.4 Å². The molecule has 0 bridgehead atoms. The van der Waals surface area contributed by atoms with Gasteiger partial charge in [-0.15, -0.1) is 0 Å². The fourth-order valence-electron chi connectivity index (χ4n) is 4.66. The van der Waals surface area contributed by atoms with Crippen LogP contribution in [0, 0.1) is 5.92 Å². The van der Waals surface area contributed by atoms with E-state index in [-0.39, 0.29) is 47.9 Å². The number of nitrogens with zero attached hydrogens (tertiary/aromatic N) is 2. The molecule has 0 unspecified atom stereocenters. The lowest BCUT2D eigenvalue weighted by Crippen LogP contribution is -2.33. The maximum absolute atomic E-state index is 13.5. The second-order valence-corrected chi connectivity index (χ2v) is 9.43. The van der Waals surface area contributed by atoms with Gasteiger partial charge >= 0.3 is 6.18 Å². The van der Waals surface area contributed by atoms with E-state index in [1.165, 1.54) is 6.92 Å². The Labute approximate surface area is 202 Å². The molecule has 35 heavy (non-hydrogen) atoms. The molecule has 1 saturated carbocycles. The number of rotatable bonds is 8. The number of nitrogens with one attached hydrogen (secondary N) is 3. The van der Waals surface area contributed by atoms with Crippen molar-refractivity contribution >= 4 is 29.1 Å². The summed E-state index contributed by atoms with van der Waals surface area (Å²) in [6, 6.07) is 5.75. The molecule has 0 radical (unpaired) electrons. The Kier molecular flexibility index (Phi) is 7.28. The normalized spacial score (nSPS) is 18.7. The van der Waals surface area contributed by atoms with Crippen LogP contribution in [0.3, 0.4) is 0 Å². The Morgan fingerprint density at radius 2 is 1.94 bits per heavy atom. The number of carbonyl (C=O) groups excluding carboxylic acids is 2. The van der Waals surface area contributed by atoms with E-state index in [0.717, 1.165) is 55.8 Å². The van der Waals surface area contributed by atoms with Crippen molar-refractivity contribution in [3.05, 3.63) is 41.1 Å². The summed E-state index contributed by atoms with van der Waals surface area (Å²) >= 11 is 0. The van der Waals surface area contributed by atoms with Crippen molar-refractivity contribution in [3.8, 4) is 0 Å². The first-order valence-electron chi connectivity index (χ1n) is 12.0. The lowest BCUT2D eigenvalue weighted by Gasteiger charge is -2.30. The van der Waals surface area contributed by atoms with Crippen LogP contribution in [-0.2, 0) is 22.2 Å². The van der Waals surface area contributed by atoms with Gasteiger partial charge in [-0.1, -0.05) is 13.0 Å². The predicted molar refractivity (Wildman–Crippen MR) is 127 cm³/mol. The molecular formula is C25H30F3N5O2. The molecule has 2 aliphatic carbocycles. The van der Waals surface area contributed by atoms with Crippen molar-refractivity contribution < 1.29 is 22.8 Å². The van der Waals surface area contributed by atoms with Gasteiger partial charge in [0.15, 0.2) is 5.78 Å². The summed E-state index contributed by atoms with van der Waals surface area (Å²) in [7, 11) is 0. The van der Waals surface area contributed by atoms with E-state index in [1.807, 2.05) is 25.1 Å². The summed E-state index contributed by atoms with van der Waals surface area (Å²) in [5.74, 6) is -0.712. The molecular weight excluding hydrogens is 459 g/mol. The first-order valence-corrected chi connectivity index (χ1v) is 12.0. The van der Waals surface area contributed by atoms with Crippen LogP contribution in [0.1, 0.15) is 68.6 Å². The summed E-state index contributed by atoms with van der Waals surface area (Å²) in [6.07, 6.45) is 1.56. The number of hydrogen-bond donors (Lipinski definition) is 3. The van der Waals surface area contributed by atoms with E-state index in [1.54, 1.807) is 0 Å². The van der Waals surface area contributed by atoms with Crippen LogP contribution in [-0.4, -0.2) is 34.2 Å². The van der Waals surface area contributed by atoms with E-state index >= 15 is 0 Å². The molecule has 10 heteroatoms. The van der Waals surface area contributed by atoms with E-state index in [4.69, 9.17) is 0 Å². The van der Waals surface area contributed by atoms with Gasteiger partial charge in [-0.2, -0.15) is 18.2 Å². The Hall–Kier alpha value is -3.17. The largest absolute Gasteiger partial charge is 0.421 e. The minimum atomic E-state index is -4.55. The number of halogens is 3. The lowest BCUT2D eigenvalue weighted by atomic mass is 9.75. The number of aryl methyl sites for hydroxylation is 1. The predicted octanol–water partition coefficient (Wildman–Crippen LogP) is 4.96. The number of amides is 1. The van der Waals surface area contributed by atoms with Gasteiger partial charge in [-0.05, 0) is 67.7 Å². The smallest absolute Gasteiger partial charge is 0.367 e. The summed E-state index contributed by atoms with van der Waals surface area (Å²) in [4.78, 5) is 31.9. The van der Waals surface area contributed by atoms with Crippen molar-refractivity contribution in [1.29, 1.82) is 0 Å². The molecule has 2 aliphatic rings. The zero-order valence-electron chi connectivity index (χ0n) is 19.8. The maximum Gasteiger partial charge on any atom is 0.421 e. The van der Waals surface area contributed by atoms with Gasteiger partial charge in [0.2, 0.25) is 11.9 Å². The van der Waals surface area contributed by atoms with Gasteiger partial charge in [0.1, 0.15) is 11.4 Å². The molecule has 188 valence electrons. The van der Waals surface area contributed by atoms with Crippen molar-refractivity contribution in [2.24, 2.45) is 5.92 Å². The molecule has 1 amide bonds. The number of alkyl halides is 3. The third-order valence-electron chi connectivity index (χ3n) is 6.93. The molecule has 0 spiro atoms. The molecule has 2 aromatic rings. The van der Waals surface area contributed by atoms with Gasteiger partial charge in [-0.3, -0.25) is 9.59 Å².